The second-order valence-corrected chi connectivity index (χ2v) is 6.76. The average Bonchev–Trinajstić information content (AvgIpc) is 2.81. The molecule has 0 saturated carbocycles. The van der Waals surface area contributed by atoms with E-state index in [9.17, 15) is 9.59 Å². The Morgan fingerprint density at radius 1 is 0.800 bits per heavy atom. The fourth-order valence-electron chi connectivity index (χ4n) is 3.04. The first-order valence-corrected chi connectivity index (χ1v) is 9.95. The Morgan fingerprint density at radius 3 is 1.80 bits per heavy atom. The third-order valence-corrected chi connectivity index (χ3v) is 4.57. The summed E-state index contributed by atoms with van der Waals surface area (Å²) in [5, 5.41) is 2.95. The van der Waals surface area contributed by atoms with E-state index >= 15 is 0 Å². The predicted octanol–water partition coefficient (Wildman–Crippen LogP) is 4.29. The first-order chi connectivity index (χ1) is 14.7. The van der Waals surface area contributed by atoms with Gasteiger partial charge in [0.05, 0.1) is 6.04 Å². The standard InChI is InChI=1S/C25H25NO4/c1-2-22(30-21-16-10-5-11-17-21)25(28)29-18-23(27)26-24(19-12-6-3-7-13-19)20-14-8-4-9-15-20/h3-17,22,24H,2,18H2,1H3,(H,26,27)/t22-/m0/s1. The predicted molar refractivity (Wildman–Crippen MR) is 115 cm³/mol. The summed E-state index contributed by atoms with van der Waals surface area (Å²) in [7, 11) is 0. The number of carbonyl (C=O) groups is 2. The number of amides is 1. The number of carbonyl (C=O) groups excluding carboxylic acids is 2. The van der Waals surface area contributed by atoms with E-state index < -0.39 is 12.1 Å². The highest BCUT2D eigenvalue weighted by Gasteiger charge is 2.22. The van der Waals surface area contributed by atoms with Crippen molar-refractivity contribution in [1.29, 1.82) is 0 Å². The molecule has 0 aromatic heterocycles. The Kier molecular flexibility index (Phi) is 7.61. The van der Waals surface area contributed by atoms with E-state index in [4.69, 9.17) is 9.47 Å². The highest BCUT2D eigenvalue weighted by Crippen LogP contribution is 2.21. The van der Waals surface area contributed by atoms with Crippen LogP contribution in [0.2, 0.25) is 0 Å². The molecule has 3 aromatic rings. The summed E-state index contributed by atoms with van der Waals surface area (Å²) in [6.45, 7) is 1.46. The summed E-state index contributed by atoms with van der Waals surface area (Å²) in [6, 6.07) is 28.1. The van der Waals surface area contributed by atoms with Crippen molar-refractivity contribution in [3.8, 4) is 5.75 Å². The highest BCUT2D eigenvalue weighted by atomic mass is 16.6. The molecular formula is C25H25NO4. The molecule has 0 unspecified atom stereocenters. The van der Waals surface area contributed by atoms with Gasteiger partial charge in [-0.1, -0.05) is 85.8 Å². The van der Waals surface area contributed by atoms with Crippen LogP contribution in [-0.4, -0.2) is 24.6 Å². The van der Waals surface area contributed by atoms with Crippen LogP contribution in [0.15, 0.2) is 91.0 Å². The number of para-hydroxylation sites is 1. The fourth-order valence-corrected chi connectivity index (χ4v) is 3.04. The van der Waals surface area contributed by atoms with E-state index in [1.165, 1.54) is 0 Å². The van der Waals surface area contributed by atoms with Crippen molar-refractivity contribution in [2.24, 2.45) is 0 Å². The minimum absolute atomic E-state index is 0.332. The number of rotatable bonds is 9. The van der Waals surface area contributed by atoms with Gasteiger partial charge in [-0.25, -0.2) is 4.79 Å². The lowest BCUT2D eigenvalue weighted by atomic mass is 9.99. The lowest BCUT2D eigenvalue weighted by Gasteiger charge is -2.20. The third kappa shape index (κ3) is 5.95. The Hall–Kier alpha value is -3.60. The molecule has 3 rings (SSSR count). The summed E-state index contributed by atoms with van der Waals surface area (Å²) < 4.78 is 10.9. The van der Waals surface area contributed by atoms with Crippen LogP contribution in [0.3, 0.4) is 0 Å². The van der Waals surface area contributed by atoms with Crippen LogP contribution in [0.1, 0.15) is 30.5 Å². The van der Waals surface area contributed by atoms with E-state index in [-0.39, 0.29) is 18.6 Å². The molecule has 1 atom stereocenters. The first-order valence-electron chi connectivity index (χ1n) is 9.95. The molecule has 0 saturated heterocycles. The summed E-state index contributed by atoms with van der Waals surface area (Å²) in [4.78, 5) is 24.9. The Morgan fingerprint density at radius 2 is 1.30 bits per heavy atom. The number of hydrogen-bond donors (Lipinski definition) is 1. The van der Waals surface area contributed by atoms with Gasteiger partial charge in [0, 0.05) is 0 Å². The van der Waals surface area contributed by atoms with Crippen molar-refractivity contribution >= 4 is 11.9 Å². The monoisotopic (exact) mass is 403 g/mol. The van der Waals surface area contributed by atoms with Crippen molar-refractivity contribution in [2.75, 3.05) is 6.61 Å². The average molecular weight is 403 g/mol. The van der Waals surface area contributed by atoms with Gasteiger partial charge in [0.15, 0.2) is 12.7 Å². The Balaban J connectivity index is 1.60. The topological polar surface area (TPSA) is 64.6 Å². The van der Waals surface area contributed by atoms with Crippen LogP contribution < -0.4 is 10.1 Å². The normalized spacial score (nSPS) is 11.5. The summed E-state index contributed by atoms with van der Waals surface area (Å²) in [5.74, 6) is -0.359. The van der Waals surface area contributed by atoms with E-state index in [1.807, 2.05) is 85.8 Å². The molecule has 0 fully saturated rings. The quantitative estimate of drug-likeness (QED) is 0.541. The minimum atomic E-state index is -0.765. The molecule has 1 N–H and O–H groups in total. The number of nitrogens with one attached hydrogen (secondary N) is 1. The summed E-state index contributed by atoms with van der Waals surface area (Å²) in [5.41, 5.74) is 1.89. The summed E-state index contributed by atoms with van der Waals surface area (Å²) >= 11 is 0. The molecule has 3 aromatic carbocycles. The molecule has 154 valence electrons. The number of hydrogen-bond acceptors (Lipinski definition) is 4. The zero-order chi connectivity index (χ0) is 21.2. The molecule has 0 bridgehead atoms. The molecule has 0 heterocycles. The van der Waals surface area contributed by atoms with Gasteiger partial charge in [-0.15, -0.1) is 0 Å². The number of benzene rings is 3. The number of ether oxygens (including phenoxy) is 2. The summed E-state index contributed by atoms with van der Waals surface area (Å²) in [6.07, 6.45) is -0.328. The molecule has 0 aliphatic rings. The molecule has 0 aliphatic heterocycles. The molecule has 0 aliphatic carbocycles. The highest BCUT2D eigenvalue weighted by molar-refractivity contribution is 5.82. The second-order valence-electron chi connectivity index (χ2n) is 6.76. The van der Waals surface area contributed by atoms with Gasteiger partial charge in [-0.2, -0.15) is 0 Å². The van der Waals surface area contributed by atoms with Gasteiger partial charge < -0.3 is 14.8 Å². The largest absolute Gasteiger partial charge is 0.479 e. The van der Waals surface area contributed by atoms with Gasteiger partial charge in [0.1, 0.15) is 5.75 Å². The van der Waals surface area contributed by atoms with Crippen LogP contribution in [0, 0.1) is 0 Å². The smallest absolute Gasteiger partial charge is 0.347 e. The van der Waals surface area contributed by atoms with Crippen LogP contribution in [0.25, 0.3) is 0 Å². The molecule has 5 heteroatoms. The van der Waals surface area contributed by atoms with E-state index in [0.29, 0.717) is 12.2 Å². The van der Waals surface area contributed by atoms with Gasteiger partial charge in [-0.05, 0) is 29.7 Å². The van der Waals surface area contributed by atoms with Gasteiger partial charge in [0.25, 0.3) is 5.91 Å². The maximum absolute atomic E-state index is 12.5. The van der Waals surface area contributed by atoms with Crippen molar-refractivity contribution < 1.29 is 19.1 Å². The molecule has 1 amide bonds. The van der Waals surface area contributed by atoms with Gasteiger partial charge in [-0.3, -0.25) is 4.79 Å². The first kappa shape index (κ1) is 21.1. The van der Waals surface area contributed by atoms with Crippen molar-refractivity contribution in [3.63, 3.8) is 0 Å². The molecule has 30 heavy (non-hydrogen) atoms. The Bertz CT molecular complexity index is 890. The van der Waals surface area contributed by atoms with Crippen molar-refractivity contribution in [2.45, 2.75) is 25.5 Å². The van der Waals surface area contributed by atoms with Crippen LogP contribution >= 0.6 is 0 Å². The lowest BCUT2D eigenvalue weighted by molar-refractivity contribution is -0.155. The van der Waals surface area contributed by atoms with E-state index in [2.05, 4.69) is 5.32 Å². The lowest BCUT2D eigenvalue weighted by Crippen LogP contribution is -2.36. The zero-order valence-corrected chi connectivity index (χ0v) is 16.9. The molecule has 0 spiro atoms. The number of esters is 1. The SMILES string of the molecule is CC[C@H](Oc1ccccc1)C(=O)OCC(=O)NC(c1ccccc1)c1ccccc1. The minimum Gasteiger partial charge on any atom is -0.479 e. The zero-order valence-electron chi connectivity index (χ0n) is 16.9. The maximum atomic E-state index is 12.5. The van der Waals surface area contributed by atoms with E-state index in [1.54, 1.807) is 12.1 Å². The maximum Gasteiger partial charge on any atom is 0.347 e. The molecule has 0 radical (unpaired) electrons. The van der Waals surface area contributed by atoms with Crippen LogP contribution in [0.4, 0.5) is 0 Å². The third-order valence-electron chi connectivity index (χ3n) is 4.57. The Labute approximate surface area is 176 Å². The van der Waals surface area contributed by atoms with Crippen molar-refractivity contribution in [3.05, 3.63) is 102 Å². The van der Waals surface area contributed by atoms with Gasteiger partial charge in [0.2, 0.25) is 0 Å². The fraction of sp³-hybridized carbons (Fsp3) is 0.200. The van der Waals surface area contributed by atoms with Crippen LogP contribution in [0.5, 0.6) is 5.75 Å². The van der Waals surface area contributed by atoms with Crippen molar-refractivity contribution in [1.82, 2.24) is 5.32 Å². The second kappa shape index (κ2) is 10.8. The molecule has 5 nitrogen and oxygen atoms in total. The van der Waals surface area contributed by atoms with Gasteiger partial charge >= 0.3 is 5.97 Å². The van der Waals surface area contributed by atoms with Crippen LogP contribution in [-0.2, 0) is 14.3 Å². The van der Waals surface area contributed by atoms with E-state index in [0.717, 1.165) is 11.1 Å². The molecular weight excluding hydrogens is 378 g/mol.